The summed E-state index contributed by atoms with van der Waals surface area (Å²) in [5.74, 6) is 0.823. The summed E-state index contributed by atoms with van der Waals surface area (Å²) in [5.41, 5.74) is 1.09. The molecule has 0 atom stereocenters. The van der Waals surface area contributed by atoms with Crippen LogP contribution in [0.2, 0.25) is 0 Å². The van der Waals surface area contributed by atoms with Crippen molar-refractivity contribution in [2.45, 2.75) is 31.2 Å². The van der Waals surface area contributed by atoms with Crippen LogP contribution in [-0.2, 0) is 16.4 Å². The standard InChI is InChI=1S/C14H21NO2S/c1-12-6-8-15(9-7-12)11-13-4-3-5-14(10-13)18(2,16)17/h3-5,10,12H,6-9,11H2,1-2H3. The Bertz CT molecular complexity index is 502. The molecule has 4 heteroatoms. The summed E-state index contributed by atoms with van der Waals surface area (Å²) in [6.07, 6.45) is 3.74. The second-order valence-electron chi connectivity index (χ2n) is 5.38. The van der Waals surface area contributed by atoms with E-state index in [1.807, 2.05) is 12.1 Å². The van der Waals surface area contributed by atoms with Gasteiger partial charge in [0.05, 0.1) is 4.90 Å². The van der Waals surface area contributed by atoms with Crippen LogP contribution in [0.1, 0.15) is 25.3 Å². The molecule has 0 unspecified atom stereocenters. The van der Waals surface area contributed by atoms with Crippen molar-refractivity contribution >= 4 is 9.84 Å². The van der Waals surface area contributed by atoms with E-state index in [-0.39, 0.29) is 0 Å². The van der Waals surface area contributed by atoms with Gasteiger partial charge in [-0.3, -0.25) is 4.90 Å². The molecule has 1 saturated heterocycles. The molecule has 3 nitrogen and oxygen atoms in total. The molecule has 2 rings (SSSR count). The number of nitrogens with zero attached hydrogens (tertiary/aromatic N) is 1. The SMILES string of the molecule is CC1CCN(Cc2cccc(S(C)(=O)=O)c2)CC1. The average molecular weight is 267 g/mol. The lowest BCUT2D eigenvalue weighted by molar-refractivity contribution is 0.185. The molecule has 18 heavy (non-hydrogen) atoms. The molecule has 100 valence electrons. The Labute approximate surface area is 110 Å². The Hall–Kier alpha value is -0.870. The van der Waals surface area contributed by atoms with Crippen molar-refractivity contribution in [1.29, 1.82) is 0 Å². The van der Waals surface area contributed by atoms with E-state index in [9.17, 15) is 8.42 Å². The van der Waals surface area contributed by atoms with E-state index in [1.165, 1.54) is 19.1 Å². The Balaban J connectivity index is 2.06. The highest BCUT2D eigenvalue weighted by atomic mass is 32.2. The van der Waals surface area contributed by atoms with Crippen LogP contribution in [0.5, 0.6) is 0 Å². The predicted molar refractivity (Wildman–Crippen MR) is 73.2 cm³/mol. The Morgan fingerprint density at radius 1 is 1.28 bits per heavy atom. The number of rotatable bonds is 3. The van der Waals surface area contributed by atoms with Crippen molar-refractivity contribution in [3.8, 4) is 0 Å². The van der Waals surface area contributed by atoms with Crippen molar-refractivity contribution in [2.24, 2.45) is 5.92 Å². The van der Waals surface area contributed by atoms with Crippen molar-refractivity contribution in [2.75, 3.05) is 19.3 Å². The molecule has 0 N–H and O–H groups in total. The van der Waals surface area contributed by atoms with E-state index in [0.717, 1.165) is 31.1 Å². The Kier molecular flexibility index (Phi) is 4.07. The predicted octanol–water partition coefficient (Wildman–Crippen LogP) is 2.32. The monoisotopic (exact) mass is 267 g/mol. The van der Waals surface area contributed by atoms with E-state index in [4.69, 9.17) is 0 Å². The number of likely N-dealkylation sites (tertiary alicyclic amines) is 1. The van der Waals surface area contributed by atoms with Gasteiger partial charge in [-0.1, -0.05) is 19.1 Å². The lowest BCUT2D eigenvalue weighted by Crippen LogP contribution is -2.32. The highest BCUT2D eigenvalue weighted by Gasteiger charge is 2.16. The largest absolute Gasteiger partial charge is 0.299 e. The molecule has 0 aromatic heterocycles. The number of hydrogen-bond donors (Lipinski definition) is 0. The van der Waals surface area contributed by atoms with Crippen molar-refractivity contribution in [3.05, 3.63) is 29.8 Å². The lowest BCUT2D eigenvalue weighted by Gasteiger charge is -2.30. The third kappa shape index (κ3) is 3.56. The molecular formula is C14H21NO2S. The van der Waals surface area contributed by atoms with Crippen LogP contribution < -0.4 is 0 Å². The first-order valence-corrected chi connectivity index (χ1v) is 8.35. The zero-order valence-electron chi connectivity index (χ0n) is 11.1. The maximum Gasteiger partial charge on any atom is 0.175 e. The Morgan fingerprint density at radius 3 is 2.56 bits per heavy atom. The van der Waals surface area contributed by atoms with Gasteiger partial charge in [-0.2, -0.15) is 0 Å². The van der Waals surface area contributed by atoms with Gasteiger partial charge in [0.25, 0.3) is 0 Å². The second-order valence-corrected chi connectivity index (χ2v) is 7.39. The van der Waals surface area contributed by atoms with Gasteiger partial charge < -0.3 is 0 Å². The van der Waals surface area contributed by atoms with Gasteiger partial charge >= 0.3 is 0 Å². The summed E-state index contributed by atoms with van der Waals surface area (Å²) < 4.78 is 23.0. The van der Waals surface area contributed by atoms with Crippen LogP contribution in [-0.4, -0.2) is 32.7 Å². The zero-order chi connectivity index (χ0) is 13.2. The van der Waals surface area contributed by atoms with Gasteiger partial charge in [-0.15, -0.1) is 0 Å². The molecule has 1 aromatic rings. The first-order valence-electron chi connectivity index (χ1n) is 6.46. The summed E-state index contributed by atoms with van der Waals surface area (Å²) in [6, 6.07) is 7.30. The van der Waals surface area contributed by atoms with Crippen LogP contribution in [0.15, 0.2) is 29.2 Å². The van der Waals surface area contributed by atoms with Gasteiger partial charge in [0, 0.05) is 12.8 Å². The van der Waals surface area contributed by atoms with E-state index in [2.05, 4.69) is 11.8 Å². The average Bonchev–Trinajstić information content (AvgIpc) is 2.31. The fourth-order valence-corrected chi connectivity index (χ4v) is 3.04. The second kappa shape index (κ2) is 5.41. The summed E-state index contributed by atoms with van der Waals surface area (Å²) in [6.45, 7) is 5.38. The summed E-state index contributed by atoms with van der Waals surface area (Å²) in [4.78, 5) is 2.83. The van der Waals surface area contributed by atoms with E-state index in [0.29, 0.717) is 4.90 Å². The smallest absolute Gasteiger partial charge is 0.175 e. The van der Waals surface area contributed by atoms with Gasteiger partial charge in [0.2, 0.25) is 0 Å². The number of piperidine rings is 1. The summed E-state index contributed by atoms with van der Waals surface area (Å²) >= 11 is 0. The van der Waals surface area contributed by atoms with E-state index >= 15 is 0 Å². The molecule has 0 amide bonds. The van der Waals surface area contributed by atoms with Crippen LogP contribution in [0.3, 0.4) is 0 Å². The first kappa shape index (κ1) is 13.6. The molecule has 0 spiro atoms. The quantitative estimate of drug-likeness (QED) is 0.843. The fourth-order valence-electron chi connectivity index (χ4n) is 2.35. The first-order chi connectivity index (χ1) is 8.45. The molecule has 1 aliphatic heterocycles. The van der Waals surface area contributed by atoms with Crippen molar-refractivity contribution in [1.82, 2.24) is 4.90 Å². The highest BCUT2D eigenvalue weighted by molar-refractivity contribution is 7.90. The summed E-state index contributed by atoms with van der Waals surface area (Å²) in [5, 5.41) is 0. The third-order valence-corrected chi connectivity index (χ3v) is 4.72. The number of benzene rings is 1. The normalized spacial score (nSPS) is 19.0. The van der Waals surface area contributed by atoms with Gasteiger partial charge in [-0.05, 0) is 49.5 Å². The van der Waals surface area contributed by atoms with Gasteiger partial charge in [0.1, 0.15) is 0 Å². The molecule has 0 saturated carbocycles. The topological polar surface area (TPSA) is 37.4 Å². The summed E-state index contributed by atoms with van der Waals surface area (Å²) in [7, 11) is -3.09. The molecule has 1 fully saturated rings. The molecule has 0 bridgehead atoms. The van der Waals surface area contributed by atoms with Crippen molar-refractivity contribution in [3.63, 3.8) is 0 Å². The van der Waals surface area contributed by atoms with Gasteiger partial charge in [-0.25, -0.2) is 8.42 Å². The van der Waals surface area contributed by atoms with Crippen LogP contribution in [0, 0.1) is 5.92 Å². The minimum absolute atomic E-state index is 0.422. The van der Waals surface area contributed by atoms with Crippen molar-refractivity contribution < 1.29 is 8.42 Å². The van der Waals surface area contributed by atoms with Crippen LogP contribution in [0.4, 0.5) is 0 Å². The molecule has 0 aliphatic carbocycles. The fraction of sp³-hybridized carbons (Fsp3) is 0.571. The Morgan fingerprint density at radius 2 is 1.94 bits per heavy atom. The molecule has 1 heterocycles. The maximum absolute atomic E-state index is 11.5. The van der Waals surface area contributed by atoms with Crippen LogP contribution >= 0.6 is 0 Å². The van der Waals surface area contributed by atoms with E-state index in [1.54, 1.807) is 12.1 Å². The molecule has 0 radical (unpaired) electrons. The lowest BCUT2D eigenvalue weighted by atomic mass is 9.99. The highest BCUT2D eigenvalue weighted by Crippen LogP contribution is 2.19. The minimum Gasteiger partial charge on any atom is -0.299 e. The molecule has 1 aromatic carbocycles. The van der Waals surface area contributed by atoms with E-state index < -0.39 is 9.84 Å². The zero-order valence-corrected chi connectivity index (χ0v) is 11.9. The third-order valence-electron chi connectivity index (χ3n) is 3.61. The van der Waals surface area contributed by atoms with Crippen LogP contribution in [0.25, 0.3) is 0 Å². The van der Waals surface area contributed by atoms with Gasteiger partial charge in [0.15, 0.2) is 9.84 Å². The number of hydrogen-bond acceptors (Lipinski definition) is 3. The maximum atomic E-state index is 11.5. The molecule has 1 aliphatic rings. The number of sulfone groups is 1. The molecular weight excluding hydrogens is 246 g/mol. The minimum atomic E-state index is -3.09.